The summed E-state index contributed by atoms with van der Waals surface area (Å²) in [4.78, 5) is 11.8. The minimum absolute atomic E-state index is 0.0483. The summed E-state index contributed by atoms with van der Waals surface area (Å²) in [6.07, 6.45) is 0.776. The minimum atomic E-state index is -0.0483. The Balaban J connectivity index is 1.68. The molecule has 2 rings (SSSR count). The van der Waals surface area contributed by atoms with Gasteiger partial charge in [-0.2, -0.15) is 0 Å². The van der Waals surface area contributed by atoms with E-state index < -0.39 is 0 Å². The van der Waals surface area contributed by atoms with Crippen LogP contribution in [0.15, 0.2) is 33.9 Å². The fraction of sp³-hybridized carbons (Fsp3) is 0.438. The third-order valence-electron chi connectivity index (χ3n) is 3.14. The van der Waals surface area contributed by atoms with Crippen molar-refractivity contribution in [3.8, 4) is 5.75 Å². The third-order valence-corrected chi connectivity index (χ3v) is 3.96. The van der Waals surface area contributed by atoms with Gasteiger partial charge in [-0.25, -0.2) is 0 Å². The predicted octanol–water partition coefficient (Wildman–Crippen LogP) is 2.65. The first kappa shape index (κ1) is 17.3. The molecule has 0 unspecified atom stereocenters. The van der Waals surface area contributed by atoms with Crippen LogP contribution >= 0.6 is 11.8 Å². The number of aromatic nitrogens is 2. The number of carbonyl (C=O) groups excluding carboxylic acids is 1. The van der Waals surface area contributed by atoms with E-state index in [0.29, 0.717) is 17.7 Å². The summed E-state index contributed by atoms with van der Waals surface area (Å²) < 4.78 is 10.5. The molecule has 1 aromatic heterocycles. The van der Waals surface area contributed by atoms with Gasteiger partial charge in [-0.1, -0.05) is 37.7 Å². The Morgan fingerprint density at radius 1 is 1.30 bits per heavy atom. The molecule has 0 aliphatic rings. The highest BCUT2D eigenvalue weighted by Crippen LogP contribution is 2.19. The Kier molecular flexibility index (Phi) is 6.46. The lowest BCUT2D eigenvalue weighted by atomic mass is 10.1. The maximum absolute atomic E-state index is 11.8. The van der Waals surface area contributed by atoms with Crippen LogP contribution < -0.4 is 10.1 Å². The highest BCUT2D eigenvalue weighted by Gasteiger charge is 2.11. The van der Waals surface area contributed by atoms with E-state index in [1.807, 2.05) is 38.1 Å². The zero-order chi connectivity index (χ0) is 16.7. The van der Waals surface area contributed by atoms with E-state index in [1.54, 1.807) is 7.11 Å². The molecule has 0 atom stereocenters. The molecule has 7 heteroatoms. The summed E-state index contributed by atoms with van der Waals surface area (Å²) in [7, 11) is 1.64. The Morgan fingerprint density at radius 3 is 2.65 bits per heavy atom. The second kappa shape index (κ2) is 8.57. The quantitative estimate of drug-likeness (QED) is 0.747. The molecular weight excluding hydrogens is 314 g/mol. The molecule has 0 radical (unpaired) electrons. The number of carbonyl (C=O) groups is 1. The second-order valence-corrected chi connectivity index (χ2v) is 6.22. The number of hydrogen-bond acceptors (Lipinski definition) is 6. The van der Waals surface area contributed by atoms with Crippen LogP contribution in [0.1, 0.15) is 31.2 Å². The van der Waals surface area contributed by atoms with Gasteiger partial charge >= 0.3 is 0 Å². The molecule has 0 aliphatic carbocycles. The zero-order valence-corrected chi connectivity index (χ0v) is 14.4. The minimum Gasteiger partial charge on any atom is -0.497 e. The van der Waals surface area contributed by atoms with Crippen LogP contribution in [0.5, 0.6) is 5.75 Å². The van der Waals surface area contributed by atoms with E-state index in [9.17, 15) is 4.79 Å². The van der Waals surface area contributed by atoms with Crippen molar-refractivity contribution in [2.75, 3.05) is 19.4 Å². The molecule has 1 heterocycles. The number of rotatable bonds is 8. The molecule has 0 spiro atoms. The molecular formula is C16H21N3O3S. The van der Waals surface area contributed by atoms with Gasteiger partial charge in [-0.05, 0) is 24.1 Å². The van der Waals surface area contributed by atoms with Crippen molar-refractivity contribution in [1.82, 2.24) is 15.5 Å². The first-order valence-corrected chi connectivity index (χ1v) is 8.43. The van der Waals surface area contributed by atoms with Crippen molar-refractivity contribution in [2.24, 2.45) is 0 Å². The van der Waals surface area contributed by atoms with Crippen molar-refractivity contribution >= 4 is 17.7 Å². The maximum Gasteiger partial charge on any atom is 0.277 e. The zero-order valence-electron chi connectivity index (χ0n) is 13.5. The molecule has 0 saturated carbocycles. The Hall–Kier alpha value is -2.02. The van der Waals surface area contributed by atoms with E-state index in [-0.39, 0.29) is 17.6 Å². The second-order valence-electron chi connectivity index (χ2n) is 5.30. The van der Waals surface area contributed by atoms with Gasteiger partial charge in [0.25, 0.3) is 5.22 Å². The van der Waals surface area contributed by atoms with E-state index in [1.165, 1.54) is 11.8 Å². The largest absolute Gasteiger partial charge is 0.497 e. The molecule has 1 aromatic carbocycles. The summed E-state index contributed by atoms with van der Waals surface area (Å²) in [5.41, 5.74) is 1.15. The van der Waals surface area contributed by atoms with Gasteiger partial charge in [0.2, 0.25) is 11.8 Å². The van der Waals surface area contributed by atoms with Crippen LogP contribution in [0.2, 0.25) is 0 Å². The topological polar surface area (TPSA) is 77.2 Å². The molecule has 6 nitrogen and oxygen atoms in total. The lowest BCUT2D eigenvalue weighted by Crippen LogP contribution is -2.27. The fourth-order valence-electron chi connectivity index (χ4n) is 1.83. The summed E-state index contributed by atoms with van der Waals surface area (Å²) in [5.74, 6) is 1.83. The first-order chi connectivity index (χ1) is 11.1. The fourth-order valence-corrected chi connectivity index (χ4v) is 2.43. The van der Waals surface area contributed by atoms with Crippen LogP contribution in [0.3, 0.4) is 0 Å². The van der Waals surface area contributed by atoms with Crippen molar-refractivity contribution < 1.29 is 13.9 Å². The highest BCUT2D eigenvalue weighted by molar-refractivity contribution is 7.99. The number of methoxy groups -OCH3 is 1. The molecule has 0 bridgehead atoms. The molecule has 0 aliphatic heterocycles. The number of hydrogen-bond donors (Lipinski definition) is 1. The average molecular weight is 335 g/mol. The smallest absolute Gasteiger partial charge is 0.277 e. The van der Waals surface area contributed by atoms with Gasteiger partial charge in [0.05, 0.1) is 12.9 Å². The number of nitrogens with zero attached hydrogens (tertiary/aromatic N) is 2. The van der Waals surface area contributed by atoms with E-state index in [4.69, 9.17) is 9.15 Å². The summed E-state index contributed by atoms with van der Waals surface area (Å²) in [6.45, 7) is 4.55. The SMILES string of the molecule is COc1ccc(CCNC(=O)CSc2nnc(C(C)C)o2)cc1. The Labute approximate surface area is 140 Å². The monoisotopic (exact) mass is 335 g/mol. The standard InChI is InChI=1S/C16H21N3O3S/c1-11(2)15-18-19-16(22-15)23-10-14(20)17-9-8-12-4-6-13(21-3)7-5-12/h4-7,11H,8-10H2,1-3H3,(H,17,20). The lowest BCUT2D eigenvalue weighted by molar-refractivity contribution is -0.118. The van der Waals surface area contributed by atoms with Gasteiger partial charge in [-0.3, -0.25) is 4.79 Å². The van der Waals surface area contributed by atoms with Gasteiger partial charge in [0.15, 0.2) is 0 Å². The molecule has 2 aromatic rings. The van der Waals surface area contributed by atoms with E-state index >= 15 is 0 Å². The van der Waals surface area contributed by atoms with Crippen LogP contribution in [0.4, 0.5) is 0 Å². The van der Waals surface area contributed by atoms with Gasteiger partial charge in [0.1, 0.15) is 5.75 Å². The van der Waals surface area contributed by atoms with Crippen LogP contribution in [0, 0.1) is 0 Å². The average Bonchev–Trinajstić information content (AvgIpc) is 3.03. The number of amides is 1. The molecule has 0 fully saturated rings. The number of thioether (sulfide) groups is 1. The molecule has 1 N–H and O–H groups in total. The highest BCUT2D eigenvalue weighted by atomic mass is 32.2. The van der Waals surface area contributed by atoms with Crippen LogP contribution in [-0.2, 0) is 11.2 Å². The Bertz CT molecular complexity index is 626. The van der Waals surface area contributed by atoms with Gasteiger partial charge in [-0.15, -0.1) is 10.2 Å². The van der Waals surface area contributed by atoms with E-state index in [0.717, 1.165) is 17.7 Å². The van der Waals surface area contributed by atoms with Crippen LogP contribution in [0.25, 0.3) is 0 Å². The third kappa shape index (κ3) is 5.59. The predicted molar refractivity (Wildman–Crippen MR) is 88.8 cm³/mol. The number of ether oxygens (including phenoxy) is 1. The van der Waals surface area contributed by atoms with Crippen molar-refractivity contribution in [3.05, 3.63) is 35.7 Å². The first-order valence-electron chi connectivity index (χ1n) is 7.44. The lowest BCUT2D eigenvalue weighted by Gasteiger charge is -2.05. The van der Waals surface area contributed by atoms with E-state index in [2.05, 4.69) is 15.5 Å². The van der Waals surface area contributed by atoms with Gasteiger partial charge < -0.3 is 14.5 Å². The number of benzene rings is 1. The van der Waals surface area contributed by atoms with Crippen molar-refractivity contribution in [1.29, 1.82) is 0 Å². The summed E-state index contributed by atoms with van der Waals surface area (Å²) in [6, 6.07) is 7.81. The van der Waals surface area contributed by atoms with Crippen molar-refractivity contribution in [2.45, 2.75) is 31.4 Å². The molecule has 0 saturated heterocycles. The normalized spacial score (nSPS) is 10.8. The summed E-state index contributed by atoms with van der Waals surface area (Å²) in [5, 5.41) is 11.1. The Morgan fingerprint density at radius 2 is 2.04 bits per heavy atom. The van der Waals surface area contributed by atoms with Crippen molar-refractivity contribution in [3.63, 3.8) is 0 Å². The molecule has 124 valence electrons. The molecule has 23 heavy (non-hydrogen) atoms. The van der Waals surface area contributed by atoms with Crippen LogP contribution in [-0.4, -0.2) is 35.5 Å². The van der Waals surface area contributed by atoms with Gasteiger partial charge in [0, 0.05) is 12.5 Å². The molecule has 1 amide bonds. The maximum atomic E-state index is 11.8. The number of nitrogens with one attached hydrogen (secondary N) is 1. The summed E-state index contributed by atoms with van der Waals surface area (Å²) >= 11 is 1.25.